The first kappa shape index (κ1) is 24.1. The molecule has 3 aromatic rings. The Morgan fingerprint density at radius 2 is 1.58 bits per heavy atom. The fourth-order valence-electron chi connectivity index (χ4n) is 4.08. The molecule has 0 N–H and O–H groups in total. The van der Waals surface area contributed by atoms with Crippen molar-refractivity contribution in [3.8, 4) is 5.75 Å². The first-order valence-electron chi connectivity index (χ1n) is 11.6. The Morgan fingerprint density at radius 1 is 0.889 bits per heavy atom. The predicted molar refractivity (Wildman–Crippen MR) is 144 cm³/mol. The van der Waals surface area contributed by atoms with Gasteiger partial charge in [0.25, 0.3) is 5.91 Å². The van der Waals surface area contributed by atoms with Gasteiger partial charge < -0.3 is 14.0 Å². The zero-order valence-electron chi connectivity index (χ0n) is 19.7. The molecule has 2 aliphatic heterocycles. The molecule has 7 nitrogen and oxygen atoms in total. The SMILES string of the molecule is Cc1cccc(N2CCN(C3=NC(=O)C(=Cc4ccccc4OS(=O)(=O)c4ccccc4)S3)CC2)c1. The number of amides is 1. The number of aliphatic imine (C=N–C) groups is 1. The van der Waals surface area contributed by atoms with Gasteiger partial charge in [-0.1, -0.05) is 48.5 Å². The van der Waals surface area contributed by atoms with Crippen LogP contribution in [0, 0.1) is 6.92 Å². The summed E-state index contributed by atoms with van der Waals surface area (Å²) in [6.45, 7) is 5.28. The fraction of sp³-hybridized carbons (Fsp3) is 0.185. The van der Waals surface area contributed by atoms with Gasteiger partial charge in [0, 0.05) is 37.4 Å². The summed E-state index contributed by atoms with van der Waals surface area (Å²) in [5, 5.41) is 0.672. The van der Waals surface area contributed by atoms with Gasteiger partial charge in [-0.15, -0.1) is 0 Å². The first-order chi connectivity index (χ1) is 17.4. The second kappa shape index (κ2) is 10.2. The van der Waals surface area contributed by atoms with Gasteiger partial charge in [-0.05, 0) is 60.7 Å². The molecular weight excluding hydrogens is 494 g/mol. The average molecular weight is 520 g/mol. The van der Waals surface area contributed by atoms with Gasteiger partial charge in [0.15, 0.2) is 5.17 Å². The summed E-state index contributed by atoms with van der Waals surface area (Å²) in [7, 11) is -4.00. The third kappa shape index (κ3) is 5.32. The lowest BCUT2D eigenvalue weighted by Crippen LogP contribution is -2.47. The van der Waals surface area contributed by atoms with Crippen molar-refractivity contribution < 1.29 is 17.4 Å². The smallest absolute Gasteiger partial charge is 0.339 e. The second-order valence-corrected chi connectivity index (χ2v) is 11.1. The summed E-state index contributed by atoms with van der Waals surface area (Å²) < 4.78 is 30.9. The molecule has 0 aliphatic carbocycles. The highest BCUT2D eigenvalue weighted by Gasteiger charge is 2.29. The van der Waals surface area contributed by atoms with Gasteiger partial charge in [0.05, 0.1) is 4.91 Å². The van der Waals surface area contributed by atoms with Crippen LogP contribution in [0.15, 0.2) is 93.7 Å². The minimum absolute atomic E-state index is 0.0641. The summed E-state index contributed by atoms with van der Waals surface area (Å²) >= 11 is 1.31. The number of piperazine rings is 1. The number of hydrogen-bond donors (Lipinski definition) is 0. The summed E-state index contributed by atoms with van der Waals surface area (Å²) in [6, 6.07) is 23.2. The van der Waals surface area contributed by atoms with E-state index in [1.807, 2.05) is 0 Å². The van der Waals surface area contributed by atoms with Crippen LogP contribution < -0.4 is 9.08 Å². The fourth-order valence-corrected chi connectivity index (χ4v) is 6.01. The zero-order chi connectivity index (χ0) is 25.1. The molecule has 3 aromatic carbocycles. The third-order valence-electron chi connectivity index (χ3n) is 5.96. The Bertz CT molecular complexity index is 1440. The van der Waals surface area contributed by atoms with Crippen LogP contribution in [0.4, 0.5) is 5.69 Å². The number of hydrogen-bond acceptors (Lipinski definition) is 7. The molecule has 0 bridgehead atoms. The normalized spacial score (nSPS) is 17.4. The monoisotopic (exact) mass is 519 g/mol. The van der Waals surface area contributed by atoms with Crippen molar-refractivity contribution in [1.82, 2.24) is 4.90 Å². The Labute approximate surface area is 215 Å². The van der Waals surface area contributed by atoms with Crippen LogP contribution in [0.3, 0.4) is 0 Å². The highest BCUT2D eigenvalue weighted by molar-refractivity contribution is 8.18. The number of aryl methyl sites for hydroxylation is 1. The van der Waals surface area contributed by atoms with Crippen LogP contribution in [-0.4, -0.2) is 50.6 Å². The number of rotatable bonds is 5. The summed E-state index contributed by atoms with van der Waals surface area (Å²) in [5.74, 6) is -0.181. The molecule has 1 saturated heterocycles. The van der Waals surface area contributed by atoms with E-state index in [0.717, 1.165) is 26.2 Å². The van der Waals surface area contributed by atoms with E-state index in [9.17, 15) is 13.2 Å². The van der Waals surface area contributed by atoms with Crippen LogP contribution in [0.2, 0.25) is 0 Å². The minimum atomic E-state index is -4.00. The first-order valence-corrected chi connectivity index (χ1v) is 13.8. The summed E-state index contributed by atoms with van der Waals surface area (Å²) in [4.78, 5) is 21.9. The molecule has 1 amide bonds. The maximum absolute atomic E-state index is 12.7. The number of para-hydroxylation sites is 1. The lowest BCUT2D eigenvalue weighted by atomic mass is 10.2. The number of benzene rings is 3. The molecule has 5 rings (SSSR count). The summed E-state index contributed by atoms with van der Waals surface area (Å²) in [5.41, 5.74) is 2.93. The van der Waals surface area contributed by atoms with Crippen molar-refractivity contribution in [2.24, 2.45) is 4.99 Å². The molecule has 2 heterocycles. The van der Waals surface area contributed by atoms with Gasteiger partial charge in [-0.2, -0.15) is 13.4 Å². The van der Waals surface area contributed by atoms with E-state index in [1.54, 1.807) is 48.5 Å². The van der Waals surface area contributed by atoms with Gasteiger partial charge in [0.2, 0.25) is 0 Å². The minimum Gasteiger partial charge on any atom is -0.378 e. The average Bonchev–Trinajstić information content (AvgIpc) is 3.25. The predicted octanol–water partition coefficient (Wildman–Crippen LogP) is 4.56. The number of anilines is 1. The Kier molecular flexibility index (Phi) is 6.84. The highest BCUT2D eigenvalue weighted by atomic mass is 32.2. The van der Waals surface area contributed by atoms with Gasteiger partial charge in [-0.3, -0.25) is 4.79 Å². The van der Waals surface area contributed by atoms with Crippen molar-refractivity contribution in [3.05, 3.63) is 94.9 Å². The molecule has 1 fully saturated rings. The van der Waals surface area contributed by atoms with Crippen molar-refractivity contribution in [2.45, 2.75) is 11.8 Å². The highest BCUT2D eigenvalue weighted by Crippen LogP contribution is 2.33. The molecule has 9 heteroatoms. The van der Waals surface area contributed by atoms with Crippen molar-refractivity contribution in [2.75, 3.05) is 31.1 Å². The number of amidine groups is 1. The molecule has 0 spiro atoms. The molecule has 0 saturated carbocycles. The molecule has 0 aromatic heterocycles. The number of nitrogens with zero attached hydrogens (tertiary/aromatic N) is 3. The Morgan fingerprint density at radius 3 is 2.33 bits per heavy atom. The zero-order valence-corrected chi connectivity index (χ0v) is 21.3. The lowest BCUT2D eigenvalue weighted by Gasteiger charge is -2.36. The molecule has 0 radical (unpaired) electrons. The van der Waals surface area contributed by atoms with Crippen molar-refractivity contribution >= 4 is 44.7 Å². The Hall–Kier alpha value is -3.56. The molecule has 2 aliphatic rings. The second-order valence-electron chi connectivity index (χ2n) is 8.51. The van der Waals surface area contributed by atoms with E-state index >= 15 is 0 Å². The topological polar surface area (TPSA) is 79.3 Å². The molecule has 0 unspecified atom stereocenters. The van der Waals surface area contributed by atoms with E-state index in [1.165, 1.54) is 35.1 Å². The number of thioether (sulfide) groups is 1. The van der Waals surface area contributed by atoms with Gasteiger partial charge >= 0.3 is 10.1 Å². The Balaban J connectivity index is 1.28. The third-order valence-corrected chi connectivity index (χ3v) is 8.26. The van der Waals surface area contributed by atoms with Crippen LogP contribution in [-0.2, 0) is 14.9 Å². The van der Waals surface area contributed by atoms with E-state index in [4.69, 9.17) is 4.18 Å². The van der Waals surface area contributed by atoms with Gasteiger partial charge in [-0.25, -0.2) is 0 Å². The standard InChI is InChI=1S/C27H25N3O4S2/c1-20-8-7-10-22(18-20)29-14-16-30(17-15-29)27-28-26(31)25(35-27)19-21-9-5-6-13-24(21)34-36(32,33)23-11-3-2-4-12-23/h2-13,18-19H,14-17H2,1H3. The van der Waals surface area contributed by atoms with Crippen LogP contribution in [0.25, 0.3) is 6.08 Å². The lowest BCUT2D eigenvalue weighted by molar-refractivity contribution is -0.113. The van der Waals surface area contributed by atoms with E-state index < -0.39 is 10.1 Å². The van der Waals surface area contributed by atoms with Crippen molar-refractivity contribution in [3.63, 3.8) is 0 Å². The maximum Gasteiger partial charge on any atom is 0.339 e. The van der Waals surface area contributed by atoms with E-state index in [-0.39, 0.29) is 16.6 Å². The quantitative estimate of drug-likeness (QED) is 0.361. The molecule has 0 atom stereocenters. The van der Waals surface area contributed by atoms with E-state index in [2.05, 4.69) is 46.0 Å². The molecular formula is C27H25N3O4S2. The van der Waals surface area contributed by atoms with Crippen LogP contribution in [0.5, 0.6) is 5.75 Å². The van der Waals surface area contributed by atoms with Crippen LogP contribution in [0.1, 0.15) is 11.1 Å². The van der Waals surface area contributed by atoms with Gasteiger partial charge in [0.1, 0.15) is 10.6 Å². The van der Waals surface area contributed by atoms with Crippen LogP contribution >= 0.6 is 11.8 Å². The largest absolute Gasteiger partial charge is 0.378 e. The maximum atomic E-state index is 12.7. The summed E-state index contributed by atoms with van der Waals surface area (Å²) in [6.07, 6.45) is 1.64. The number of carbonyl (C=O) groups is 1. The number of carbonyl (C=O) groups excluding carboxylic acids is 1. The van der Waals surface area contributed by atoms with Crippen molar-refractivity contribution in [1.29, 1.82) is 0 Å². The van der Waals surface area contributed by atoms with E-state index in [0.29, 0.717) is 15.6 Å². The molecule has 184 valence electrons. The molecule has 36 heavy (non-hydrogen) atoms.